The van der Waals surface area contributed by atoms with E-state index in [-0.39, 0.29) is 6.54 Å². The van der Waals surface area contributed by atoms with Crippen LogP contribution in [-0.2, 0) is 6.54 Å². The van der Waals surface area contributed by atoms with Crippen LogP contribution < -0.4 is 5.32 Å². The van der Waals surface area contributed by atoms with Crippen LogP contribution in [0.5, 0.6) is 0 Å². The van der Waals surface area contributed by atoms with Crippen molar-refractivity contribution < 1.29 is 13.2 Å². The summed E-state index contributed by atoms with van der Waals surface area (Å²) < 4.78 is 37.1. The number of hydrogen-bond acceptors (Lipinski definition) is 3. The van der Waals surface area contributed by atoms with Gasteiger partial charge in [0.25, 0.3) is 0 Å². The van der Waals surface area contributed by atoms with Crippen LogP contribution in [0, 0.1) is 0 Å². The third-order valence-electron chi connectivity index (χ3n) is 2.43. The molecule has 3 nitrogen and oxygen atoms in total. The van der Waals surface area contributed by atoms with Crippen LogP contribution >= 0.6 is 0 Å². The van der Waals surface area contributed by atoms with Crippen molar-refractivity contribution in [2.75, 3.05) is 25.5 Å². The first-order chi connectivity index (χ1) is 8.44. The smallest absolute Gasteiger partial charge is 0.373 e. The second kappa shape index (κ2) is 6.58. The Hall–Kier alpha value is -1.30. The van der Waals surface area contributed by atoms with Gasteiger partial charge in [-0.05, 0) is 24.6 Å². The number of halogens is 3. The zero-order valence-corrected chi connectivity index (χ0v) is 10.6. The molecule has 0 spiro atoms. The van der Waals surface area contributed by atoms with E-state index in [0.29, 0.717) is 18.8 Å². The summed E-state index contributed by atoms with van der Waals surface area (Å²) in [5.74, 6) is 0.705. The first kappa shape index (κ1) is 14.8. The molecule has 0 radical (unpaired) electrons. The van der Waals surface area contributed by atoms with E-state index >= 15 is 0 Å². The maximum Gasteiger partial charge on any atom is 0.401 e. The minimum Gasteiger partial charge on any atom is -0.373 e. The molecule has 0 aliphatic rings. The second-order valence-electron chi connectivity index (χ2n) is 4.13. The molecule has 0 aliphatic heterocycles. The molecule has 0 saturated carbocycles. The molecule has 0 unspecified atom stereocenters. The Morgan fingerprint density at radius 1 is 1.33 bits per heavy atom. The average molecular weight is 261 g/mol. The van der Waals surface area contributed by atoms with E-state index in [1.54, 1.807) is 25.4 Å². The lowest BCUT2D eigenvalue weighted by Crippen LogP contribution is -2.34. The minimum atomic E-state index is -4.16. The summed E-state index contributed by atoms with van der Waals surface area (Å²) in [4.78, 5) is 5.47. The molecule has 0 fully saturated rings. The van der Waals surface area contributed by atoms with Crippen molar-refractivity contribution in [2.45, 2.75) is 26.1 Å². The van der Waals surface area contributed by atoms with Gasteiger partial charge in [-0.2, -0.15) is 13.2 Å². The topological polar surface area (TPSA) is 28.2 Å². The van der Waals surface area contributed by atoms with Crippen molar-refractivity contribution in [3.05, 3.63) is 23.9 Å². The minimum absolute atomic E-state index is 0.268. The molecule has 1 N–H and O–H groups in total. The lowest BCUT2D eigenvalue weighted by atomic mass is 10.2. The zero-order valence-electron chi connectivity index (χ0n) is 10.6. The van der Waals surface area contributed by atoms with Gasteiger partial charge < -0.3 is 5.32 Å². The summed E-state index contributed by atoms with van der Waals surface area (Å²) in [7, 11) is 1.75. The Labute approximate surface area is 105 Å². The van der Waals surface area contributed by atoms with E-state index < -0.39 is 12.7 Å². The SMILES string of the molecule is CCCN(Cc1ccc(NC)nc1)CC(F)(F)F. The number of aromatic nitrogens is 1. The monoisotopic (exact) mass is 261 g/mol. The van der Waals surface area contributed by atoms with Gasteiger partial charge in [0.15, 0.2) is 0 Å². The number of alkyl halides is 3. The predicted molar refractivity (Wildman–Crippen MR) is 65.4 cm³/mol. The largest absolute Gasteiger partial charge is 0.401 e. The van der Waals surface area contributed by atoms with E-state index in [2.05, 4.69) is 10.3 Å². The highest BCUT2D eigenvalue weighted by Crippen LogP contribution is 2.18. The number of rotatable bonds is 6. The molecule has 1 aromatic rings. The number of hydrogen-bond donors (Lipinski definition) is 1. The van der Waals surface area contributed by atoms with Gasteiger partial charge in [-0.3, -0.25) is 4.90 Å². The number of anilines is 1. The summed E-state index contributed by atoms with van der Waals surface area (Å²) >= 11 is 0. The molecule has 6 heteroatoms. The first-order valence-corrected chi connectivity index (χ1v) is 5.86. The van der Waals surface area contributed by atoms with Crippen molar-refractivity contribution in [3.63, 3.8) is 0 Å². The fraction of sp³-hybridized carbons (Fsp3) is 0.583. The maximum atomic E-state index is 12.4. The van der Waals surface area contributed by atoms with Crippen molar-refractivity contribution in [1.29, 1.82) is 0 Å². The van der Waals surface area contributed by atoms with Crippen LogP contribution in [0.4, 0.5) is 19.0 Å². The third-order valence-corrected chi connectivity index (χ3v) is 2.43. The van der Waals surface area contributed by atoms with E-state index in [1.165, 1.54) is 4.90 Å². The van der Waals surface area contributed by atoms with Crippen molar-refractivity contribution in [1.82, 2.24) is 9.88 Å². The van der Waals surface area contributed by atoms with Crippen molar-refractivity contribution in [3.8, 4) is 0 Å². The number of nitrogens with zero attached hydrogens (tertiary/aromatic N) is 2. The predicted octanol–water partition coefficient (Wildman–Crippen LogP) is 2.90. The third kappa shape index (κ3) is 5.35. The molecule has 0 bridgehead atoms. The normalized spacial score (nSPS) is 11.9. The van der Waals surface area contributed by atoms with E-state index in [4.69, 9.17) is 0 Å². The zero-order chi connectivity index (χ0) is 13.6. The lowest BCUT2D eigenvalue weighted by molar-refractivity contribution is -0.147. The van der Waals surface area contributed by atoms with Gasteiger partial charge in [0.1, 0.15) is 5.82 Å². The van der Waals surface area contributed by atoms with Crippen LogP contribution in [0.15, 0.2) is 18.3 Å². The Balaban J connectivity index is 2.64. The van der Waals surface area contributed by atoms with E-state index in [1.807, 2.05) is 6.92 Å². The Morgan fingerprint density at radius 2 is 2.06 bits per heavy atom. The molecule has 0 aliphatic carbocycles. The first-order valence-electron chi connectivity index (χ1n) is 5.86. The van der Waals surface area contributed by atoms with Gasteiger partial charge in [0.2, 0.25) is 0 Å². The molecule has 18 heavy (non-hydrogen) atoms. The summed E-state index contributed by atoms with van der Waals surface area (Å²) in [5.41, 5.74) is 0.784. The van der Waals surface area contributed by atoms with Gasteiger partial charge in [-0.25, -0.2) is 4.98 Å². The number of pyridine rings is 1. The molecular weight excluding hydrogens is 243 g/mol. The fourth-order valence-corrected chi connectivity index (χ4v) is 1.71. The van der Waals surface area contributed by atoms with Gasteiger partial charge in [-0.15, -0.1) is 0 Å². The highest BCUT2D eigenvalue weighted by molar-refractivity contribution is 5.34. The van der Waals surface area contributed by atoms with Crippen LogP contribution in [0.1, 0.15) is 18.9 Å². The Morgan fingerprint density at radius 3 is 2.50 bits per heavy atom. The highest BCUT2D eigenvalue weighted by atomic mass is 19.4. The quantitative estimate of drug-likeness (QED) is 0.853. The molecule has 1 heterocycles. The molecule has 1 aromatic heterocycles. The van der Waals surface area contributed by atoms with Gasteiger partial charge in [-0.1, -0.05) is 13.0 Å². The summed E-state index contributed by atoms with van der Waals surface area (Å²) in [6.45, 7) is 1.68. The van der Waals surface area contributed by atoms with E-state index in [9.17, 15) is 13.2 Å². The standard InChI is InChI=1S/C12H18F3N3/c1-3-6-18(9-12(13,14)15)8-10-4-5-11(16-2)17-7-10/h4-5,7H,3,6,8-9H2,1-2H3,(H,16,17). The molecule has 0 saturated heterocycles. The molecule has 0 atom stereocenters. The Kier molecular flexibility index (Phi) is 5.40. The van der Waals surface area contributed by atoms with Gasteiger partial charge >= 0.3 is 6.18 Å². The van der Waals surface area contributed by atoms with E-state index in [0.717, 1.165) is 5.56 Å². The summed E-state index contributed by atoms with van der Waals surface area (Å²) in [6.07, 6.45) is -1.86. The molecule has 0 amide bonds. The van der Waals surface area contributed by atoms with Crippen molar-refractivity contribution in [2.24, 2.45) is 0 Å². The van der Waals surface area contributed by atoms with Crippen LogP contribution in [0.25, 0.3) is 0 Å². The average Bonchev–Trinajstić information content (AvgIpc) is 2.28. The lowest BCUT2D eigenvalue weighted by Gasteiger charge is -2.23. The highest BCUT2D eigenvalue weighted by Gasteiger charge is 2.30. The number of nitrogens with one attached hydrogen (secondary N) is 1. The van der Waals surface area contributed by atoms with Crippen LogP contribution in [0.2, 0.25) is 0 Å². The molecule has 1 rings (SSSR count). The molecule has 0 aromatic carbocycles. The maximum absolute atomic E-state index is 12.4. The molecule has 102 valence electrons. The summed E-state index contributed by atoms with van der Waals surface area (Å²) in [6, 6.07) is 3.55. The second-order valence-corrected chi connectivity index (χ2v) is 4.13. The summed E-state index contributed by atoms with van der Waals surface area (Å²) in [5, 5.41) is 2.87. The molecular formula is C12H18F3N3. The van der Waals surface area contributed by atoms with Gasteiger partial charge in [0, 0.05) is 19.8 Å². The van der Waals surface area contributed by atoms with Crippen LogP contribution in [0.3, 0.4) is 0 Å². The fourth-order valence-electron chi connectivity index (χ4n) is 1.71. The van der Waals surface area contributed by atoms with Crippen LogP contribution in [-0.4, -0.2) is 36.2 Å². The Bertz CT molecular complexity index is 349. The van der Waals surface area contributed by atoms with Gasteiger partial charge in [0.05, 0.1) is 6.54 Å². The van der Waals surface area contributed by atoms with Crippen molar-refractivity contribution >= 4 is 5.82 Å².